The maximum atomic E-state index is 13.3. The highest BCUT2D eigenvalue weighted by Crippen LogP contribution is 2.37. The van der Waals surface area contributed by atoms with Gasteiger partial charge in [-0.2, -0.15) is 9.40 Å². The number of rotatable bonds is 19. The Morgan fingerprint density at radius 3 is 2.42 bits per heavy atom. The molecule has 1 saturated carbocycles. The summed E-state index contributed by atoms with van der Waals surface area (Å²) in [5.74, 6) is -0.325. The second-order valence-electron chi connectivity index (χ2n) is 16.0. The van der Waals surface area contributed by atoms with Gasteiger partial charge in [0.15, 0.2) is 5.52 Å². The molecule has 5 N–H and O–H groups in total. The summed E-state index contributed by atoms with van der Waals surface area (Å²) in [6.07, 6.45) is 14.2. The summed E-state index contributed by atoms with van der Waals surface area (Å²) in [6, 6.07) is 4.71. The van der Waals surface area contributed by atoms with Crippen molar-refractivity contribution in [1.82, 2.24) is 29.0 Å². The second-order valence-corrected chi connectivity index (χ2v) is 17.9. The number of ether oxygens (including phenoxy) is 1. The summed E-state index contributed by atoms with van der Waals surface area (Å²) in [5, 5.41) is 44.0. The number of sulfonamides is 1. The SMILES string of the molecule is CCCCC[C@](C)(O)/C=C/[C@@H]1[C@@H](C/C=C\CCCC(=O)O)[C@@H](O)C[C@H]1O.CCCc1nn(C)c2c(=O)[nH]c(-c3cc(S(=O)(=O)N4CCN(C)CC4)ccc3OCC)nc12. The molecule has 1 saturated heterocycles. The van der Waals surface area contributed by atoms with Crippen LogP contribution in [0.3, 0.4) is 0 Å². The van der Waals surface area contributed by atoms with Crippen LogP contribution in [0, 0.1) is 11.8 Å². The number of hydrogen-bond acceptors (Lipinski definition) is 11. The Hall–Kier alpha value is -3.93. The lowest BCUT2D eigenvalue weighted by Gasteiger charge is -2.31. The van der Waals surface area contributed by atoms with Gasteiger partial charge in [0.05, 0.1) is 40.6 Å². The average molecular weight is 843 g/mol. The molecule has 3 aromatic rings. The topological polar surface area (TPSA) is 211 Å². The van der Waals surface area contributed by atoms with Crippen molar-refractivity contribution in [2.24, 2.45) is 18.9 Å². The minimum absolute atomic E-state index is 0.0802. The van der Waals surface area contributed by atoms with Crippen LogP contribution in [0.4, 0.5) is 0 Å². The lowest BCUT2D eigenvalue weighted by molar-refractivity contribution is -0.137. The van der Waals surface area contributed by atoms with E-state index in [2.05, 4.69) is 21.9 Å². The van der Waals surface area contributed by atoms with Crippen molar-refractivity contribution in [2.75, 3.05) is 39.8 Å². The number of aryl methyl sites for hydroxylation is 2. The molecule has 3 heterocycles. The number of aliphatic hydroxyl groups excluding tert-OH is 2. The molecular weight excluding hydrogens is 777 g/mol. The first-order chi connectivity index (χ1) is 28.0. The fourth-order valence-electron chi connectivity index (χ4n) is 7.68. The van der Waals surface area contributed by atoms with Gasteiger partial charge in [-0.25, -0.2) is 13.4 Å². The van der Waals surface area contributed by atoms with Gasteiger partial charge in [-0.1, -0.05) is 63.8 Å². The van der Waals surface area contributed by atoms with Gasteiger partial charge in [-0.15, -0.1) is 0 Å². The number of piperazine rings is 1. The molecule has 5 rings (SSSR count). The molecule has 0 radical (unpaired) electrons. The maximum Gasteiger partial charge on any atom is 0.303 e. The van der Waals surface area contributed by atoms with E-state index in [1.807, 2.05) is 39.1 Å². The number of allylic oxidation sites excluding steroid dienone is 2. The molecule has 0 bridgehead atoms. The molecule has 0 unspecified atom stereocenters. The van der Waals surface area contributed by atoms with Gasteiger partial charge in [0.1, 0.15) is 17.1 Å². The molecule has 328 valence electrons. The number of fused-ring (bicyclic) bond motifs is 1. The average Bonchev–Trinajstić information content (AvgIpc) is 3.65. The van der Waals surface area contributed by atoms with Crippen LogP contribution in [0.5, 0.6) is 5.75 Å². The Morgan fingerprint density at radius 2 is 1.76 bits per heavy atom. The number of aliphatic carboxylic acids is 1. The number of unbranched alkanes of at least 4 members (excludes halogenated alkanes) is 3. The molecule has 1 aliphatic carbocycles. The van der Waals surface area contributed by atoms with Crippen LogP contribution in [-0.2, 0) is 28.3 Å². The number of carboxylic acids is 1. The van der Waals surface area contributed by atoms with Crippen molar-refractivity contribution in [1.29, 1.82) is 0 Å². The number of carboxylic acid groups (broad SMARTS) is 1. The van der Waals surface area contributed by atoms with Crippen molar-refractivity contribution >= 4 is 27.0 Å². The van der Waals surface area contributed by atoms with Crippen LogP contribution < -0.4 is 10.3 Å². The Labute approximate surface area is 348 Å². The lowest BCUT2D eigenvalue weighted by atomic mass is 9.88. The highest BCUT2D eigenvalue weighted by molar-refractivity contribution is 7.89. The standard InChI is InChI=1S/C22H30N6O4S.C21H36O5/c1-5-7-17-19-20(27(4)25-17)22(29)24-21(23-19)16-14-15(8-9-18(16)32-6-2)33(30,31)28-12-10-26(3)11-13-28;1-3-4-9-13-21(2,26)14-12-17-16(18(22)15-19(17)23)10-7-5-6-8-11-20(24)25/h8-9,14H,5-7,10-13H2,1-4H3,(H,23,24,29);5,7,12,14,16-19,22-23,26H,3-4,6,8-11,13,15H2,1-2H3,(H,24,25)/b;7-5-,14-12+/t;16-,17-,18+,19-,21+/m.1/s1. The zero-order chi connectivity index (χ0) is 43.3. The number of carbonyl (C=O) groups is 1. The van der Waals surface area contributed by atoms with Crippen molar-refractivity contribution in [3.8, 4) is 17.1 Å². The number of hydrogen-bond donors (Lipinski definition) is 5. The van der Waals surface area contributed by atoms with E-state index in [0.717, 1.165) is 31.4 Å². The molecule has 2 aromatic heterocycles. The fraction of sp³-hybridized carbons (Fsp3) is 0.628. The van der Waals surface area contributed by atoms with Crippen molar-refractivity contribution in [2.45, 2.75) is 121 Å². The van der Waals surface area contributed by atoms with Crippen molar-refractivity contribution in [3.05, 3.63) is 58.6 Å². The number of aromatic amines is 1. The zero-order valence-electron chi connectivity index (χ0n) is 35.6. The van der Waals surface area contributed by atoms with Crippen molar-refractivity contribution < 1.29 is 38.4 Å². The first kappa shape index (κ1) is 47.7. The number of aromatic nitrogens is 4. The van der Waals surface area contributed by atoms with E-state index in [0.29, 0.717) is 93.7 Å². The number of nitrogens with one attached hydrogen (secondary N) is 1. The highest BCUT2D eigenvalue weighted by Gasteiger charge is 2.39. The third kappa shape index (κ3) is 13.0. The molecule has 15 nitrogen and oxygen atoms in total. The lowest BCUT2D eigenvalue weighted by Crippen LogP contribution is -2.47. The van der Waals surface area contributed by atoms with Gasteiger partial charge < -0.3 is 35.0 Å². The van der Waals surface area contributed by atoms with E-state index in [4.69, 9.17) is 14.8 Å². The quantitative estimate of drug-likeness (QED) is 0.0794. The van der Waals surface area contributed by atoms with Crippen LogP contribution in [0.25, 0.3) is 22.4 Å². The Bertz CT molecular complexity index is 2050. The normalized spacial score (nSPS) is 21.6. The first-order valence-electron chi connectivity index (χ1n) is 21.1. The molecular formula is C43H66N6O9S. The highest BCUT2D eigenvalue weighted by atomic mass is 32.2. The Kier molecular flexibility index (Phi) is 17.9. The predicted molar refractivity (Wildman–Crippen MR) is 229 cm³/mol. The van der Waals surface area contributed by atoms with Crippen LogP contribution in [-0.4, -0.2) is 121 Å². The minimum Gasteiger partial charge on any atom is -0.493 e. The van der Waals surface area contributed by atoms with Crippen LogP contribution in [0.2, 0.25) is 0 Å². The summed E-state index contributed by atoms with van der Waals surface area (Å²) >= 11 is 0. The summed E-state index contributed by atoms with van der Waals surface area (Å²) in [7, 11) is -0.00831. The molecule has 2 fully saturated rings. The van der Waals surface area contributed by atoms with Crippen LogP contribution >= 0.6 is 0 Å². The number of benzene rings is 1. The van der Waals surface area contributed by atoms with Gasteiger partial charge in [0.2, 0.25) is 10.0 Å². The predicted octanol–water partition coefficient (Wildman–Crippen LogP) is 5.04. The van der Waals surface area contributed by atoms with Crippen LogP contribution in [0.1, 0.15) is 97.6 Å². The molecule has 59 heavy (non-hydrogen) atoms. The molecule has 1 aliphatic heterocycles. The van der Waals surface area contributed by atoms with Gasteiger partial charge in [-0.05, 0) is 77.1 Å². The summed E-state index contributed by atoms with van der Waals surface area (Å²) in [6.45, 7) is 10.4. The number of nitrogens with zero attached hydrogens (tertiary/aromatic N) is 5. The monoisotopic (exact) mass is 842 g/mol. The number of H-pyrrole nitrogens is 1. The maximum absolute atomic E-state index is 13.3. The van der Waals surface area contributed by atoms with Gasteiger partial charge in [-0.3, -0.25) is 14.3 Å². The molecule has 5 atom stereocenters. The van der Waals surface area contributed by atoms with E-state index in [1.165, 1.54) is 8.99 Å². The zero-order valence-corrected chi connectivity index (χ0v) is 36.5. The van der Waals surface area contributed by atoms with Crippen molar-refractivity contribution in [3.63, 3.8) is 0 Å². The third-order valence-corrected chi connectivity index (χ3v) is 13.0. The molecule has 0 amide bonds. The largest absolute Gasteiger partial charge is 0.493 e. The van der Waals surface area contributed by atoms with Gasteiger partial charge in [0, 0.05) is 52.0 Å². The molecule has 16 heteroatoms. The summed E-state index contributed by atoms with van der Waals surface area (Å²) in [5.41, 5.74) is 0.856. The van der Waals surface area contributed by atoms with E-state index in [1.54, 1.807) is 38.2 Å². The van der Waals surface area contributed by atoms with E-state index in [-0.39, 0.29) is 34.5 Å². The minimum atomic E-state index is -3.70. The number of likely N-dealkylation sites (N-methyl/N-ethyl adjacent to an activating group) is 1. The van der Waals surface area contributed by atoms with Gasteiger partial charge in [0.25, 0.3) is 5.56 Å². The Morgan fingerprint density at radius 1 is 1.03 bits per heavy atom. The van der Waals surface area contributed by atoms with E-state index < -0.39 is 33.8 Å². The molecule has 1 aromatic carbocycles. The second kappa shape index (κ2) is 22.1. The molecule has 0 spiro atoms. The summed E-state index contributed by atoms with van der Waals surface area (Å²) in [4.78, 5) is 33.1. The van der Waals surface area contributed by atoms with E-state index >= 15 is 0 Å². The fourth-order valence-corrected chi connectivity index (χ4v) is 9.13. The van der Waals surface area contributed by atoms with Crippen LogP contribution in [0.15, 0.2) is 52.2 Å². The summed E-state index contributed by atoms with van der Waals surface area (Å²) < 4.78 is 35.4. The smallest absolute Gasteiger partial charge is 0.303 e. The Balaban J connectivity index is 0.000000269. The van der Waals surface area contributed by atoms with Gasteiger partial charge >= 0.3 is 5.97 Å². The first-order valence-corrected chi connectivity index (χ1v) is 22.5. The third-order valence-electron chi connectivity index (χ3n) is 11.1. The van der Waals surface area contributed by atoms with E-state index in [9.17, 15) is 33.3 Å². The molecule has 2 aliphatic rings. The number of aliphatic hydroxyl groups is 3.